The van der Waals surface area contributed by atoms with Crippen molar-refractivity contribution in [3.8, 4) is 5.75 Å². The van der Waals surface area contributed by atoms with E-state index in [2.05, 4.69) is 6.92 Å². The molecular weight excluding hydrogens is 243 g/mol. The molecule has 0 aromatic heterocycles. The van der Waals surface area contributed by atoms with Crippen LogP contribution < -0.4 is 10.5 Å². The first kappa shape index (κ1) is 14.7. The largest absolute Gasteiger partial charge is 0.491 e. The molecule has 0 heterocycles. The Bertz CT molecular complexity index is 377. The highest BCUT2D eigenvalue weighted by atomic mass is 19.4. The smallest absolute Gasteiger partial charge is 0.416 e. The molecule has 102 valence electrons. The van der Waals surface area contributed by atoms with E-state index in [1.807, 2.05) is 0 Å². The summed E-state index contributed by atoms with van der Waals surface area (Å²) < 4.78 is 42.5. The van der Waals surface area contributed by atoms with E-state index in [1.165, 1.54) is 6.07 Å². The molecule has 1 aromatic rings. The van der Waals surface area contributed by atoms with Crippen molar-refractivity contribution in [2.45, 2.75) is 38.8 Å². The van der Waals surface area contributed by atoms with Gasteiger partial charge in [-0.15, -0.1) is 0 Å². The highest BCUT2D eigenvalue weighted by molar-refractivity contribution is 5.54. The Morgan fingerprint density at radius 2 is 1.89 bits per heavy atom. The molecule has 0 unspecified atom stereocenters. The van der Waals surface area contributed by atoms with Crippen LogP contribution in [0.2, 0.25) is 0 Å². The molecule has 0 aliphatic heterocycles. The molecule has 0 aliphatic carbocycles. The van der Waals surface area contributed by atoms with E-state index in [-0.39, 0.29) is 5.69 Å². The van der Waals surface area contributed by atoms with Gasteiger partial charge in [0.25, 0.3) is 0 Å². The van der Waals surface area contributed by atoms with Crippen LogP contribution >= 0.6 is 0 Å². The van der Waals surface area contributed by atoms with Gasteiger partial charge >= 0.3 is 6.18 Å². The lowest BCUT2D eigenvalue weighted by Gasteiger charge is -2.12. The summed E-state index contributed by atoms with van der Waals surface area (Å²) in [5, 5.41) is 0. The van der Waals surface area contributed by atoms with Gasteiger partial charge in [-0.1, -0.05) is 26.2 Å². The van der Waals surface area contributed by atoms with Crippen molar-refractivity contribution in [2.24, 2.45) is 0 Å². The van der Waals surface area contributed by atoms with Crippen molar-refractivity contribution < 1.29 is 17.9 Å². The molecule has 0 spiro atoms. The summed E-state index contributed by atoms with van der Waals surface area (Å²) in [5.74, 6) is 0.319. The molecule has 5 heteroatoms. The molecule has 0 bridgehead atoms. The van der Waals surface area contributed by atoms with Crippen LogP contribution in [0.25, 0.3) is 0 Å². The summed E-state index contributed by atoms with van der Waals surface area (Å²) in [6.07, 6.45) is -0.173. The fraction of sp³-hybridized carbons (Fsp3) is 0.538. The van der Waals surface area contributed by atoms with Crippen molar-refractivity contribution in [2.75, 3.05) is 12.3 Å². The maximum Gasteiger partial charge on any atom is 0.416 e. The Morgan fingerprint density at radius 3 is 2.44 bits per heavy atom. The average molecular weight is 261 g/mol. The fourth-order valence-corrected chi connectivity index (χ4v) is 1.57. The summed E-state index contributed by atoms with van der Waals surface area (Å²) in [4.78, 5) is 0. The quantitative estimate of drug-likeness (QED) is 0.613. The van der Waals surface area contributed by atoms with Crippen LogP contribution in [0.3, 0.4) is 0 Å². The third-order valence-electron chi connectivity index (χ3n) is 2.59. The topological polar surface area (TPSA) is 35.2 Å². The van der Waals surface area contributed by atoms with Gasteiger partial charge in [0.1, 0.15) is 5.75 Å². The van der Waals surface area contributed by atoms with Gasteiger partial charge in [-0.3, -0.25) is 0 Å². The predicted octanol–water partition coefficient (Wildman–Crippen LogP) is 4.25. The first-order chi connectivity index (χ1) is 8.45. The Labute approximate surface area is 105 Å². The normalized spacial score (nSPS) is 11.6. The molecule has 0 radical (unpaired) electrons. The second-order valence-corrected chi connectivity index (χ2v) is 4.16. The van der Waals surface area contributed by atoms with Gasteiger partial charge in [0.2, 0.25) is 0 Å². The van der Waals surface area contributed by atoms with E-state index in [1.54, 1.807) is 0 Å². The van der Waals surface area contributed by atoms with Crippen molar-refractivity contribution in [3.63, 3.8) is 0 Å². The minimum Gasteiger partial charge on any atom is -0.491 e. The lowest BCUT2D eigenvalue weighted by Crippen LogP contribution is -2.07. The fourth-order valence-electron chi connectivity index (χ4n) is 1.57. The van der Waals surface area contributed by atoms with E-state index in [0.29, 0.717) is 12.4 Å². The molecule has 0 saturated heterocycles. The molecule has 2 N–H and O–H groups in total. The van der Waals surface area contributed by atoms with Crippen LogP contribution in [-0.4, -0.2) is 6.61 Å². The molecule has 2 nitrogen and oxygen atoms in total. The zero-order valence-corrected chi connectivity index (χ0v) is 10.4. The maximum absolute atomic E-state index is 12.4. The number of unbranched alkanes of at least 4 members (excludes halogenated alkanes) is 3. The molecule has 0 atom stereocenters. The number of nitrogens with two attached hydrogens (primary N) is 1. The molecule has 1 rings (SSSR count). The van der Waals surface area contributed by atoms with Crippen molar-refractivity contribution in [1.82, 2.24) is 0 Å². The van der Waals surface area contributed by atoms with Crippen molar-refractivity contribution in [1.29, 1.82) is 0 Å². The number of halogens is 3. The monoisotopic (exact) mass is 261 g/mol. The second-order valence-electron chi connectivity index (χ2n) is 4.16. The number of alkyl halides is 3. The number of hydrogen-bond acceptors (Lipinski definition) is 2. The first-order valence-electron chi connectivity index (χ1n) is 6.04. The molecular formula is C13H18F3NO. The lowest BCUT2D eigenvalue weighted by molar-refractivity contribution is -0.137. The summed E-state index contributed by atoms with van der Waals surface area (Å²) in [7, 11) is 0. The third-order valence-corrected chi connectivity index (χ3v) is 2.59. The van der Waals surface area contributed by atoms with E-state index in [0.717, 1.165) is 37.8 Å². The number of benzene rings is 1. The Kier molecular flexibility index (Phi) is 5.31. The zero-order valence-electron chi connectivity index (χ0n) is 10.4. The minimum absolute atomic E-state index is 0.0281. The Morgan fingerprint density at radius 1 is 1.17 bits per heavy atom. The first-order valence-corrected chi connectivity index (χ1v) is 6.04. The standard InChI is InChI=1S/C13H18F3NO/c1-2-3-4-5-8-18-12-7-6-10(9-11(12)17)13(14,15)16/h6-7,9H,2-5,8,17H2,1H3. The number of anilines is 1. The van der Waals surface area contributed by atoms with Crippen LogP contribution in [0.5, 0.6) is 5.75 Å². The van der Waals surface area contributed by atoms with Crippen LogP contribution in [-0.2, 0) is 6.18 Å². The number of hydrogen-bond donors (Lipinski definition) is 1. The van der Waals surface area contributed by atoms with Gasteiger partial charge in [0.05, 0.1) is 17.9 Å². The maximum atomic E-state index is 12.4. The molecule has 18 heavy (non-hydrogen) atoms. The summed E-state index contributed by atoms with van der Waals surface area (Å²) >= 11 is 0. The Hall–Kier alpha value is -1.39. The summed E-state index contributed by atoms with van der Waals surface area (Å²) in [6.45, 7) is 2.59. The molecule has 0 aliphatic rings. The molecule has 1 aromatic carbocycles. The van der Waals surface area contributed by atoms with Gasteiger partial charge in [0.15, 0.2) is 0 Å². The number of ether oxygens (including phenoxy) is 1. The van der Waals surface area contributed by atoms with Crippen LogP contribution in [0.4, 0.5) is 18.9 Å². The van der Waals surface area contributed by atoms with E-state index < -0.39 is 11.7 Å². The van der Waals surface area contributed by atoms with E-state index in [4.69, 9.17) is 10.5 Å². The lowest BCUT2D eigenvalue weighted by atomic mass is 10.2. The van der Waals surface area contributed by atoms with Gasteiger partial charge in [-0.2, -0.15) is 13.2 Å². The number of nitrogen functional groups attached to an aromatic ring is 1. The summed E-state index contributed by atoms with van der Waals surface area (Å²) in [5.41, 5.74) is 4.81. The molecule has 0 amide bonds. The van der Waals surface area contributed by atoms with Crippen LogP contribution in [0, 0.1) is 0 Å². The number of rotatable bonds is 6. The average Bonchev–Trinajstić information content (AvgIpc) is 2.29. The molecule has 0 fully saturated rings. The van der Waals surface area contributed by atoms with Gasteiger partial charge < -0.3 is 10.5 Å². The van der Waals surface area contributed by atoms with Crippen LogP contribution in [0.15, 0.2) is 18.2 Å². The highest BCUT2D eigenvalue weighted by Crippen LogP contribution is 2.33. The third kappa shape index (κ3) is 4.47. The van der Waals surface area contributed by atoms with Gasteiger partial charge in [-0.05, 0) is 24.6 Å². The highest BCUT2D eigenvalue weighted by Gasteiger charge is 2.30. The summed E-state index contributed by atoms with van der Waals surface area (Å²) in [6, 6.07) is 3.16. The predicted molar refractivity (Wildman–Crippen MR) is 65.5 cm³/mol. The Balaban J connectivity index is 2.53. The van der Waals surface area contributed by atoms with Crippen LogP contribution in [0.1, 0.15) is 38.2 Å². The van der Waals surface area contributed by atoms with E-state index >= 15 is 0 Å². The van der Waals surface area contributed by atoms with Gasteiger partial charge in [0, 0.05) is 0 Å². The SMILES string of the molecule is CCCCCCOc1ccc(C(F)(F)F)cc1N. The molecule has 0 saturated carbocycles. The van der Waals surface area contributed by atoms with Crippen molar-refractivity contribution in [3.05, 3.63) is 23.8 Å². The second kappa shape index (κ2) is 6.52. The minimum atomic E-state index is -4.37. The van der Waals surface area contributed by atoms with Crippen molar-refractivity contribution >= 4 is 5.69 Å². The zero-order chi connectivity index (χ0) is 13.6. The van der Waals surface area contributed by atoms with Gasteiger partial charge in [-0.25, -0.2) is 0 Å². The van der Waals surface area contributed by atoms with E-state index in [9.17, 15) is 13.2 Å².